The Morgan fingerprint density at radius 1 is 1.37 bits per heavy atom. The van der Waals surface area contributed by atoms with Gasteiger partial charge in [-0.05, 0) is 24.8 Å². The molecule has 7 heteroatoms. The largest absolute Gasteiger partial charge is 0.260 e. The van der Waals surface area contributed by atoms with Crippen LogP contribution in [0.15, 0.2) is 23.4 Å². The molecular weight excluding hydrogens is 291 g/mol. The Morgan fingerprint density at radius 3 is 2.79 bits per heavy atom. The van der Waals surface area contributed by atoms with E-state index in [4.69, 9.17) is 11.6 Å². The Balaban J connectivity index is 2.01. The summed E-state index contributed by atoms with van der Waals surface area (Å²) in [7, 11) is -3.72. The topological polar surface area (TPSA) is 59.1 Å². The molecule has 2 unspecified atom stereocenters. The molecule has 19 heavy (non-hydrogen) atoms. The molecule has 1 aliphatic rings. The Morgan fingerprint density at radius 2 is 2.11 bits per heavy atom. The number of hydrogen-bond donors (Lipinski definition) is 1. The highest BCUT2D eigenvalue weighted by Crippen LogP contribution is 2.28. The minimum Gasteiger partial charge on any atom is -0.260 e. The van der Waals surface area contributed by atoms with Crippen LogP contribution in [-0.4, -0.2) is 25.3 Å². The minimum absolute atomic E-state index is 0.00193. The Bertz CT molecular complexity index is 538. The lowest BCUT2D eigenvalue weighted by molar-refractivity contribution is 0.364. The first-order valence-electron chi connectivity index (χ1n) is 6.23. The van der Waals surface area contributed by atoms with Crippen molar-refractivity contribution in [2.24, 2.45) is 5.92 Å². The minimum atomic E-state index is -3.72. The molecule has 0 aromatic carbocycles. The van der Waals surface area contributed by atoms with Crippen LogP contribution in [-0.2, 0) is 10.0 Å². The monoisotopic (exact) mass is 306 g/mol. The summed E-state index contributed by atoms with van der Waals surface area (Å²) in [6, 6.07) is 0.953. The molecule has 1 aromatic heterocycles. The highest BCUT2D eigenvalue weighted by molar-refractivity contribution is 7.89. The Labute approximate surface area is 117 Å². The first-order chi connectivity index (χ1) is 8.99. The van der Waals surface area contributed by atoms with E-state index in [0.29, 0.717) is 0 Å². The van der Waals surface area contributed by atoms with E-state index >= 15 is 0 Å². The molecule has 0 saturated heterocycles. The van der Waals surface area contributed by atoms with E-state index in [2.05, 4.69) is 9.71 Å². The Hall–Kier alpha value is -0.720. The highest BCUT2D eigenvalue weighted by Gasteiger charge is 2.25. The lowest BCUT2D eigenvalue weighted by Crippen LogP contribution is -2.34. The second kappa shape index (κ2) is 6.15. The Kier molecular flexibility index (Phi) is 4.76. The number of pyridine rings is 1. The van der Waals surface area contributed by atoms with Crippen molar-refractivity contribution in [2.75, 3.05) is 6.54 Å². The van der Waals surface area contributed by atoms with Gasteiger partial charge in [-0.3, -0.25) is 4.98 Å². The normalized spacial score (nSPS) is 24.3. The molecule has 106 valence electrons. The van der Waals surface area contributed by atoms with Crippen LogP contribution in [0.25, 0.3) is 0 Å². The molecule has 0 aliphatic heterocycles. The molecule has 1 fully saturated rings. The van der Waals surface area contributed by atoms with Crippen LogP contribution in [0.3, 0.4) is 0 Å². The first-order valence-corrected chi connectivity index (χ1v) is 8.15. The molecule has 1 saturated carbocycles. The van der Waals surface area contributed by atoms with E-state index in [1.807, 2.05) is 0 Å². The number of nitrogens with zero attached hydrogens (tertiary/aromatic N) is 1. The maximum Gasteiger partial charge on any atom is 0.242 e. The number of alkyl halides is 1. The van der Waals surface area contributed by atoms with Crippen molar-refractivity contribution in [1.82, 2.24) is 9.71 Å². The lowest BCUT2D eigenvalue weighted by atomic mass is 9.89. The fourth-order valence-electron chi connectivity index (χ4n) is 2.23. The molecule has 0 spiro atoms. The van der Waals surface area contributed by atoms with Crippen molar-refractivity contribution in [3.8, 4) is 0 Å². The predicted molar refractivity (Wildman–Crippen MR) is 71.0 cm³/mol. The van der Waals surface area contributed by atoms with Crippen LogP contribution in [0.1, 0.15) is 25.7 Å². The maximum absolute atomic E-state index is 13.0. The SMILES string of the molecule is O=S(=O)(NCC1CCCCC1Cl)c1cncc(F)c1. The average Bonchev–Trinajstić information content (AvgIpc) is 2.38. The zero-order valence-corrected chi connectivity index (χ0v) is 11.9. The fourth-order valence-corrected chi connectivity index (χ4v) is 3.67. The van der Waals surface area contributed by atoms with E-state index in [0.717, 1.165) is 44.1 Å². The van der Waals surface area contributed by atoms with E-state index in [1.165, 1.54) is 0 Å². The molecule has 0 bridgehead atoms. The molecule has 1 aromatic rings. The van der Waals surface area contributed by atoms with Crippen LogP contribution in [0.4, 0.5) is 4.39 Å². The zero-order valence-electron chi connectivity index (χ0n) is 10.4. The van der Waals surface area contributed by atoms with Gasteiger partial charge in [0, 0.05) is 18.1 Å². The van der Waals surface area contributed by atoms with Gasteiger partial charge in [0.25, 0.3) is 0 Å². The van der Waals surface area contributed by atoms with Crippen LogP contribution >= 0.6 is 11.6 Å². The molecule has 1 N–H and O–H groups in total. The number of aromatic nitrogens is 1. The second-order valence-electron chi connectivity index (χ2n) is 4.75. The number of nitrogens with one attached hydrogen (secondary N) is 1. The molecule has 2 atom stereocenters. The molecular formula is C12H16ClFN2O2S. The zero-order chi connectivity index (χ0) is 13.9. The van der Waals surface area contributed by atoms with Gasteiger partial charge in [-0.25, -0.2) is 17.5 Å². The van der Waals surface area contributed by atoms with Crippen molar-refractivity contribution < 1.29 is 12.8 Å². The molecule has 2 rings (SSSR count). The van der Waals surface area contributed by atoms with Crippen LogP contribution in [0, 0.1) is 11.7 Å². The van der Waals surface area contributed by atoms with E-state index in [-0.39, 0.29) is 22.7 Å². The summed E-state index contributed by atoms with van der Waals surface area (Å²) in [5.41, 5.74) is 0. The van der Waals surface area contributed by atoms with Gasteiger partial charge in [0.05, 0.1) is 6.20 Å². The molecule has 1 heterocycles. The molecule has 1 aliphatic carbocycles. The summed E-state index contributed by atoms with van der Waals surface area (Å²) in [4.78, 5) is 3.38. The third-order valence-electron chi connectivity index (χ3n) is 3.34. The van der Waals surface area contributed by atoms with Crippen molar-refractivity contribution in [3.63, 3.8) is 0 Å². The number of halogens is 2. The van der Waals surface area contributed by atoms with Crippen molar-refractivity contribution in [1.29, 1.82) is 0 Å². The van der Waals surface area contributed by atoms with Crippen LogP contribution < -0.4 is 4.72 Å². The fraction of sp³-hybridized carbons (Fsp3) is 0.583. The van der Waals surface area contributed by atoms with Crippen molar-refractivity contribution >= 4 is 21.6 Å². The van der Waals surface area contributed by atoms with Gasteiger partial charge in [-0.2, -0.15) is 0 Å². The summed E-state index contributed by atoms with van der Waals surface area (Å²) in [5.74, 6) is -0.539. The summed E-state index contributed by atoms with van der Waals surface area (Å²) < 4.78 is 39.4. The summed E-state index contributed by atoms with van der Waals surface area (Å²) >= 11 is 6.18. The number of rotatable bonds is 4. The van der Waals surface area contributed by atoms with Gasteiger partial charge in [0.2, 0.25) is 10.0 Å². The summed E-state index contributed by atoms with van der Waals surface area (Å²) in [5, 5.41) is 0.00193. The standard InChI is InChI=1S/C12H16ClFN2O2S/c13-12-4-2-1-3-9(12)6-16-19(17,18)11-5-10(14)7-15-8-11/h5,7-9,12,16H,1-4,6H2. The predicted octanol–water partition coefficient (Wildman–Crippen LogP) is 2.30. The van der Waals surface area contributed by atoms with Gasteiger partial charge in [0.15, 0.2) is 0 Å². The van der Waals surface area contributed by atoms with Crippen LogP contribution in [0.2, 0.25) is 0 Å². The quantitative estimate of drug-likeness (QED) is 0.868. The van der Waals surface area contributed by atoms with Crippen LogP contribution in [0.5, 0.6) is 0 Å². The highest BCUT2D eigenvalue weighted by atomic mass is 35.5. The lowest BCUT2D eigenvalue weighted by Gasteiger charge is -2.26. The third-order valence-corrected chi connectivity index (χ3v) is 5.31. The van der Waals surface area contributed by atoms with Gasteiger partial charge in [-0.15, -0.1) is 11.6 Å². The second-order valence-corrected chi connectivity index (χ2v) is 7.08. The van der Waals surface area contributed by atoms with E-state index in [1.54, 1.807) is 0 Å². The van der Waals surface area contributed by atoms with E-state index in [9.17, 15) is 12.8 Å². The summed E-state index contributed by atoms with van der Waals surface area (Å²) in [6.45, 7) is 0.285. The van der Waals surface area contributed by atoms with Gasteiger partial charge >= 0.3 is 0 Å². The van der Waals surface area contributed by atoms with Gasteiger partial charge in [-0.1, -0.05) is 12.8 Å². The molecule has 4 nitrogen and oxygen atoms in total. The van der Waals surface area contributed by atoms with E-state index < -0.39 is 15.8 Å². The smallest absolute Gasteiger partial charge is 0.242 e. The molecule has 0 amide bonds. The number of hydrogen-bond acceptors (Lipinski definition) is 3. The van der Waals surface area contributed by atoms with Gasteiger partial charge in [0.1, 0.15) is 10.7 Å². The van der Waals surface area contributed by atoms with Crippen molar-refractivity contribution in [3.05, 3.63) is 24.3 Å². The third kappa shape index (κ3) is 3.87. The summed E-state index contributed by atoms with van der Waals surface area (Å²) in [6.07, 6.45) is 6.08. The number of sulfonamides is 1. The maximum atomic E-state index is 13.0. The first kappa shape index (κ1) is 14.7. The van der Waals surface area contributed by atoms with Gasteiger partial charge < -0.3 is 0 Å². The average molecular weight is 307 g/mol. The molecule has 0 radical (unpaired) electrons. The van der Waals surface area contributed by atoms with Crippen molar-refractivity contribution in [2.45, 2.75) is 36.0 Å².